The van der Waals surface area contributed by atoms with Crippen molar-refractivity contribution in [3.8, 4) is 0 Å². The molecule has 2 aliphatic rings. The number of hydrogen-bond acceptors (Lipinski definition) is 9. The molecule has 1 fully saturated rings. The summed E-state index contributed by atoms with van der Waals surface area (Å²) in [4.78, 5) is 41.0. The second-order valence-corrected chi connectivity index (χ2v) is 11.6. The molecular weight excluding hydrogens is 476 g/mol. The normalized spacial score (nSPS) is 17.7. The highest BCUT2D eigenvalue weighted by molar-refractivity contribution is 8.00. The van der Waals surface area contributed by atoms with Crippen molar-refractivity contribution in [3.05, 3.63) is 27.3 Å². The van der Waals surface area contributed by atoms with Gasteiger partial charge in [0.1, 0.15) is 15.7 Å². The number of esters is 1. The van der Waals surface area contributed by atoms with Crippen molar-refractivity contribution in [1.82, 2.24) is 15.0 Å². The first-order valence-corrected chi connectivity index (χ1v) is 14.0. The molecule has 1 amide bonds. The highest BCUT2D eigenvalue weighted by atomic mass is 32.2. The fraction of sp³-hybridized carbons (Fsp3) is 0.522. The summed E-state index contributed by atoms with van der Waals surface area (Å²) in [6.45, 7) is 4.42. The van der Waals surface area contributed by atoms with Crippen molar-refractivity contribution in [3.63, 3.8) is 0 Å². The minimum atomic E-state index is -0.316. The number of carbonyl (C=O) groups excluding carboxylic acids is 2. The monoisotopic (exact) mass is 502 g/mol. The molecule has 3 heterocycles. The highest BCUT2D eigenvalue weighted by Crippen LogP contribution is 2.44. The molecular formula is C23H26N4O3S3. The molecule has 3 aromatic heterocycles. The van der Waals surface area contributed by atoms with E-state index in [1.807, 2.05) is 11.3 Å². The standard InChI is InChI=1S/C23H26N4O3S3/c1-3-30-18(29)9-14-10-32-23(24-14)25-17(28)11-31-21-19-15-7-4-12(2)8-16(15)33-22(19)27-20(26-21)13-5-6-13/h10,12-13H,3-9,11H2,1-2H3,(H,24,25,28)/t12-/m1/s1. The average Bonchev–Trinajstić information content (AvgIpc) is 3.44. The van der Waals surface area contributed by atoms with Crippen molar-refractivity contribution >= 4 is 61.7 Å². The Morgan fingerprint density at radius 2 is 2.09 bits per heavy atom. The number of carbonyl (C=O) groups is 2. The van der Waals surface area contributed by atoms with E-state index in [0.717, 1.165) is 46.8 Å². The molecule has 7 nitrogen and oxygen atoms in total. The lowest BCUT2D eigenvalue weighted by Gasteiger charge is -2.18. The van der Waals surface area contributed by atoms with Gasteiger partial charge in [-0.3, -0.25) is 9.59 Å². The Morgan fingerprint density at radius 3 is 2.88 bits per heavy atom. The lowest BCUT2D eigenvalue weighted by atomic mass is 9.89. The fourth-order valence-corrected chi connectivity index (χ4v) is 7.09. The predicted octanol–water partition coefficient (Wildman–Crippen LogP) is 4.99. The zero-order chi connectivity index (χ0) is 22.9. The van der Waals surface area contributed by atoms with Gasteiger partial charge in [0.2, 0.25) is 5.91 Å². The molecule has 0 bridgehead atoms. The Hall–Kier alpha value is -2.04. The van der Waals surface area contributed by atoms with Crippen molar-refractivity contribution in [1.29, 1.82) is 0 Å². The van der Waals surface area contributed by atoms with Gasteiger partial charge in [-0.1, -0.05) is 18.7 Å². The number of ether oxygens (including phenoxy) is 1. The van der Waals surface area contributed by atoms with Crippen LogP contribution in [-0.2, 0) is 33.6 Å². The zero-order valence-corrected chi connectivity index (χ0v) is 21.1. The molecule has 1 saturated carbocycles. The average molecular weight is 503 g/mol. The number of thiazole rings is 1. The summed E-state index contributed by atoms with van der Waals surface area (Å²) in [5, 5.41) is 7.22. The molecule has 2 aliphatic carbocycles. The maximum absolute atomic E-state index is 12.7. The summed E-state index contributed by atoms with van der Waals surface area (Å²) in [6.07, 6.45) is 5.77. The van der Waals surface area contributed by atoms with Crippen LogP contribution in [0.4, 0.5) is 5.13 Å². The number of aromatic nitrogens is 3. The number of thioether (sulfide) groups is 1. The SMILES string of the molecule is CCOC(=O)Cc1csc(NC(=O)CSc2nc(C3CC3)nc3sc4c(c23)CC[C@@H](C)C4)n1. The summed E-state index contributed by atoms with van der Waals surface area (Å²) in [5.74, 6) is 1.91. The quantitative estimate of drug-likeness (QED) is 0.264. The van der Waals surface area contributed by atoms with Crippen LogP contribution in [-0.4, -0.2) is 39.2 Å². The first kappa shape index (κ1) is 22.7. The number of thiophene rings is 1. The third-order valence-corrected chi connectivity index (χ3v) is 8.78. The fourth-order valence-electron chi connectivity index (χ4n) is 4.05. The molecule has 0 radical (unpaired) electrons. The molecule has 0 saturated heterocycles. The second-order valence-electron chi connectivity index (χ2n) is 8.66. The van der Waals surface area contributed by atoms with Crippen molar-refractivity contribution < 1.29 is 14.3 Å². The first-order chi connectivity index (χ1) is 16.0. The molecule has 174 valence electrons. The Labute approximate surface area is 204 Å². The van der Waals surface area contributed by atoms with Gasteiger partial charge in [0, 0.05) is 21.6 Å². The van der Waals surface area contributed by atoms with E-state index < -0.39 is 0 Å². The highest BCUT2D eigenvalue weighted by Gasteiger charge is 2.30. The van der Waals surface area contributed by atoms with Crippen molar-refractivity contribution in [2.45, 2.75) is 63.3 Å². The van der Waals surface area contributed by atoms with Gasteiger partial charge in [0.05, 0.1) is 24.5 Å². The van der Waals surface area contributed by atoms with E-state index in [-0.39, 0.29) is 24.1 Å². The van der Waals surface area contributed by atoms with Gasteiger partial charge in [-0.2, -0.15) is 0 Å². The number of fused-ring (bicyclic) bond motifs is 3. The molecule has 1 N–H and O–H groups in total. The molecule has 0 aromatic carbocycles. The summed E-state index contributed by atoms with van der Waals surface area (Å²) >= 11 is 4.61. The molecule has 1 atom stereocenters. The minimum absolute atomic E-state index is 0.111. The summed E-state index contributed by atoms with van der Waals surface area (Å²) in [5.41, 5.74) is 1.99. The van der Waals surface area contributed by atoms with Crippen LogP contribution in [0.15, 0.2) is 10.4 Å². The third-order valence-electron chi connectivity index (χ3n) is 5.85. The molecule has 0 unspecified atom stereocenters. The lowest BCUT2D eigenvalue weighted by Crippen LogP contribution is -2.14. The predicted molar refractivity (Wildman–Crippen MR) is 132 cm³/mol. The topological polar surface area (TPSA) is 94.1 Å². The molecule has 0 aliphatic heterocycles. The number of hydrogen-bond donors (Lipinski definition) is 1. The van der Waals surface area contributed by atoms with Crippen LogP contribution in [0.25, 0.3) is 10.2 Å². The van der Waals surface area contributed by atoms with Crippen LogP contribution in [0.5, 0.6) is 0 Å². The minimum Gasteiger partial charge on any atom is -0.466 e. The summed E-state index contributed by atoms with van der Waals surface area (Å²) in [7, 11) is 0. The lowest BCUT2D eigenvalue weighted by molar-refractivity contribution is -0.142. The second kappa shape index (κ2) is 9.68. The van der Waals surface area contributed by atoms with E-state index in [4.69, 9.17) is 14.7 Å². The maximum atomic E-state index is 12.7. The van der Waals surface area contributed by atoms with Gasteiger partial charge in [-0.05, 0) is 50.5 Å². The summed E-state index contributed by atoms with van der Waals surface area (Å²) < 4.78 is 4.95. The van der Waals surface area contributed by atoms with Crippen molar-refractivity contribution in [2.75, 3.05) is 17.7 Å². The van der Waals surface area contributed by atoms with Crippen LogP contribution >= 0.6 is 34.4 Å². The third kappa shape index (κ3) is 5.22. The van der Waals surface area contributed by atoms with Gasteiger partial charge >= 0.3 is 5.97 Å². The van der Waals surface area contributed by atoms with Crippen LogP contribution in [0, 0.1) is 5.92 Å². The van der Waals surface area contributed by atoms with Gasteiger partial charge in [-0.25, -0.2) is 15.0 Å². The van der Waals surface area contributed by atoms with E-state index in [0.29, 0.717) is 29.3 Å². The first-order valence-electron chi connectivity index (χ1n) is 11.3. The largest absolute Gasteiger partial charge is 0.466 e. The Bertz CT molecular complexity index is 1200. The van der Waals surface area contributed by atoms with E-state index in [9.17, 15) is 9.59 Å². The van der Waals surface area contributed by atoms with Crippen LogP contribution in [0.1, 0.15) is 61.0 Å². The van der Waals surface area contributed by atoms with Crippen LogP contribution < -0.4 is 5.32 Å². The van der Waals surface area contributed by atoms with Crippen molar-refractivity contribution in [2.24, 2.45) is 5.92 Å². The van der Waals surface area contributed by atoms with Gasteiger partial charge in [0.25, 0.3) is 0 Å². The zero-order valence-electron chi connectivity index (χ0n) is 18.7. The number of rotatable bonds is 8. The summed E-state index contributed by atoms with van der Waals surface area (Å²) in [6, 6.07) is 0. The number of amides is 1. The number of nitrogens with zero attached hydrogens (tertiary/aromatic N) is 3. The van der Waals surface area contributed by atoms with Gasteiger partial charge in [0.15, 0.2) is 5.13 Å². The van der Waals surface area contributed by atoms with Crippen LogP contribution in [0.3, 0.4) is 0 Å². The van der Waals surface area contributed by atoms with Gasteiger partial charge < -0.3 is 10.1 Å². The van der Waals surface area contributed by atoms with E-state index in [1.54, 1.807) is 12.3 Å². The Morgan fingerprint density at radius 1 is 1.24 bits per heavy atom. The smallest absolute Gasteiger partial charge is 0.311 e. The number of nitrogens with one attached hydrogen (secondary N) is 1. The van der Waals surface area contributed by atoms with Gasteiger partial charge in [-0.15, -0.1) is 22.7 Å². The molecule has 5 rings (SSSR count). The van der Waals surface area contributed by atoms with E-state index in [1.165, 1.54) is 40.0 Å². The van der Waals surface area contributed by atoms with E-state index >= 15 is 0 Å². The van der Waals surface area contributed by atoms with Crippen LogP contribution in [0.2, 0.25) is 0 Å². The molecule has 3 aromatic rings. The number of anilines is 1. The Balaban J connectivity index is 1.29. The van der Waals surface area contributed by atoms with E-state index in [2.05, 4.69) is 17.2 Å². The Kier molecular flexibility index (Phi) is 6.67. The molecule has 0 spiro atoms. The number of aryl methyl sites for hydroxylation is 1. The molecule has 33 heavy (non-hydrogen) atoms. The molecule has 10 heteroatoms. The maximum Gasteiger partial charge on any atom is 0.311 e.